The molecule has 0 aliphatic heterocycles. The van der Waals surface area contributed by atoms with Crippen molar-refractivity contribution in [1.29, 1.82) is 0 Å². The molecular weight excluding hydrogens is 248 g/mol. The number of carbonyl (C=O) groups excluding carboxylic acids is 1. The quantitative estimate of drug-likeness (QED) is 0.785. The third kappa shape index (κ3) is 3.75. The van der Waals surface area contributed by atoms with Crippen LogP contribution in [0.4, 0.5) is 0 Å². The lowest BCUT2D eigenvalue weighted by molar-refractivity contribution is -0.126. The first kappa shape index (κ1) is 15.8. The Kier molecular flexibility index (Phi) is 5.48. The molecule has 2 unspecified atom stereocenters. The van der Waals surface area contributed by atoms with Crippen molar-refractivity contribution in [3.63, 3.8) is 0 Å². The maximum Gasteiger partial charge on any atom is 0.223 e. The van der Waals surface area contributed by atoms with Crippen LogP contribution < -0.4 is 11.1 Å². The molecule has 2 saturated carbocycles. The first-order valence-electron chi connectivity index (χ1n) is 8.54. The Morgan fingerprint density at radius 2 is 1.95 bits per heavy atom. The molecule has 0 bridgehead atoms. The average Bonchev–Trinajstić information content (AvgIpc) is 3.04. The molecule has 20 heavy (non-hydrogen) atoms. The second-order valence-corrected chi connectivity index (χ2v) is 7.56. The molecule has 2 rings (SSSR count). The van der Waals surface area contributed by atoms with Crippen LogP contribution in [0.3, 0.4) is 0 Å². The highest BCUT2D eigenvalue weighted by molar-refractivity contribution is 5.79. The SMILES string of the molecule is CC(C)CC1(CNC(=O)C2CCCC2CN)CCCC1. The Bertz CT molecular complexity index is 321. The number of amides is 1. The fourth-order valence-electron chi connectivity index (χ4n) is 4.51. The van der Waals surface area contributed by atoms with E-state index in [-0.39, 0.29) is 11.8 Å². The van der Waals surface area contributed by atoms with E-state index in [0.717, 1.165) is 25.8 Å². The first-order valence-corrected chi connectivity index (χ1v) is 8.54. The minimum absolute atomic E-state index is 0.178. The van der Waals surface area contributed by atoms with Gasteiger partial charge in [-0.15, -0.1) is 0 Å². The maximum atomic E-state index is 12.4. The molecule has 1 amide bonds. The summed E-state index contributed by atoms with van der Waals surface area (Å²) in [5.74, 6) is 1.58. The number of rotatable bonds is 6. The van der Waals surface area contributed by atoms with E-state index in [1.165, 1.54) is 32.1 Å². The summed E-state index contributed by atoms with van der Waals surface area (Å²) in [5.41, 5.74) is 6.17. The van der Waals surface area contributed by atoms with Gasteiger partial charge in [0.25, 0.3) is 0 Å². The lowest BCUT2D eigenvalue weighted by Gasteiger charge is -2.32. The third-order valence-electron chi connectivity index (χ3n) is 5.44. The van der Waals surface area contributed by atoms with Crippen LogP contribution >= 0.6 is 0 Å². The van der Waals surface area contributed by atoms with Crippen LogP contribution in [0.1, 0.15) is 65.2 Å². The largest absolute Gasteiger partial charge is 0.355 e. The zero-order chi connectivity index (χ0) is 14.6. The molecule has 3 heteroatoms. The van der Waals surface area contributed by atoms with Gasteiger partial charge < -0.3 is 11.1 Å². The monoisotopic (exact) mass is 280 g/mol. The Morgan fingerprint density at radius 3 is 2.55 bits per heavy atom. The van der Waals surface area contributed by atoms with E-state index < -0.39 is 0 Å². The minimum Gasteiger partial charge on any atom is -0.355 e. The van der Waals surface area contributed by atoms with Crippen molar-refractivity contribution in [2.24, 2.45) is 28.9 Å². The van der Waals surface area contributed by atoms with E-state index in [9.17, 15) is 4.79 Å². The van der Waals surface area contributed by atoms with Gasteiger partial charge >= 0.3 is 0 Å². The van der Waals surface area contributed by atoms with Gasteiger partial charge in [0.2, 0.25) is 5.91 Å². The van der Waals surface area contributed by atoms with Gasteiger partial charge in [-0.1, -0.05) is 33.1 Å². The van der Waals surface area contributed by atoms with Crippen LogP contribution in [-0.2, 0) is 4.79 Å². The smallest absolute Gasteiger partial charge is 0.223 e. The molecule has 2 atom stereocenters. The summed E-state index contributed by atoms with van der Waals surface area (Å²) < 4.78 is 0. The van der Waals surface area contributed by atoms with Crippen molar-refractivity contribution in [1.82, 2.24) is 5.32 Å². The van der Waals surface area contributed by atoms with E-state index in [2.05, 4.69) is 19.2 Å². The second kappa shape index (κ2) is 6.93. The van der Waals surface area contributed by atoms with E-state index in [4.69, 9.17) is 5.73 Å². The maximum absolute atomic E-state index is 12.4. The lowest BCUT2D eigenvalue weighted by Crippen LogP contribution is -2.41. The lowest BCUT2D eigenvalue weighted by atomic mass is 9.78. The molecule has 0 aromatic rings. The molecule has 0 aromatic heterocycles. The van der Waals surface area contributed by atoms with Gasteiger partial charge in [-0.2, -0.15) is 0 Å². The van der Waals surface area contributed by atoms with Gasteiger partial charge in [-0.25, -0.2) is 0 Å². The predicted octanol–water partition coefficient (Wildman–Crippen LogP) is 3.08. The summed E-state index contributed by atoms with van der Waals surface area (Å²) in [7, 11) is 0. The van der Waals surface area contributed by atoms with Crippen molar-refractivity contribution < 1.29 is 4.79 Å². The highest BCUT2D eigenvalue weighted by Crippen LogP contribution is 2.42. The molecule has 0 spiro atoms. The molecule has 3 nitrogen and oxygen atoms in total. The van der Waals surface area contributed by atoms with Crippen LogP contribution in [0.5, 0.6) is 0 Å². The fourth-order valence-corrected chi connectivity index (χ4v) is 4.51. The molecule has 0 aromatic carbocycles. The zero-order valence-corrected chi connectivity index (χ0v) is 13.3. The summed E-state index contributed by atoms with van der Waals surface area (Å²) in [6, 6.07) is 0. The molecule has 0 heterocycles. The number of hydrogen-bond acceptors (Lipinski definition) is 2. The number of nitrogens with two attached hydrogens (primary N) is 1. The predicted molar refractivity (Wildman–Crippen MR) is 83.3 cm³/mol. The highest BCUT2D eigenvalue weighted by Gasteiger charge is 2.37. The van der Waals surface area contributed by atoms with E-state index in [1.54, 1.807) is 0 Å². The molecule has 2 aliphatic carbocycles. The van der Waals surface area contributed by atoms with Crippen molar-refractivity contribution in [3.8, 4) is 0 Å². The van der Waals surface area contributed by atoms with Crippen LogP contribution in [0.25, 0.3) is 0 Å². The normalized spacial score (nSPS) is 29.0. The Balaban J connectivity index is 1.87. The van der Waals surface area contributed by atoms with Crippen molar-refractivity contribution in [2.75, 3.05) is 13.1 Å². The summed E-state index contributed by atoms with van der Waals surface area (Å²) in [5, 5.41) is 3.28. The second-order valence-electron chi connectivity index (χ2n) is 7.56. The Hall–Kier alpha value is -0.570. The summed E-state index contributed by atoms with van der Waals surface area (Å²) in [4.78, 5) is 12.4. The molecule has 2 aliphatic rings. The van der Waals surface area contributed by atoms with Crippen molar-refractivity contribution in [2.45, 2.75) is 65.2 Å². The fraction of sp³-hybridized carbons (Fsp3) is 0.941. The highest BCUT2D eigenvalue weighted by atomic mass is 16.1. The van der Waals surface area contributed by atoms with Gasteiger partial charge in [0.15, 0.2) is 0 Å². The van der Waals surface area contributed by atoms with Gasteiger partial charge in [-0.05, 0) is 55.9 Å². The summed E-state index contributed by atoms with van der Waals surface area (Å²) in [6.45, 7) is 6.14. The molecule has 116 valence electrons. The van der Waals surface area contributed by atoms with Crippen molar-refractivity contribution in [3.05, 3.63) is 0 Å². The number of hydrogen-bond donors (Lipinski definition) is 2. The minimum atomic E-state index is 0.178. The van der Waals surface area contributed by atoms with E-state index >= 15 is 0 Å². The van der Waals surface area contributed by atoms with Gasteiger partial charge in [0.05, 0.1) is 0 Å². The zero-order valence-electron chi connectivity index (χ0n) is 13.3. The van der Waals surface area contributed by atoms with Crippen LogP contribution in [0, 0.1) is 23.2 Å². The Morgan fingerprint density at radius 1 is 1.25 bits per heavy atom. The molecule has 0 radical (unpaired) electrons. The van der Waals surface area contributed by atoms with Gasteiger partial charge in [-0.3, -0.25) is 4.79 Å². The standard InChI is InChI=1S/C17H32N2O/c1-13(2)10-17(8-3-4-9-17)12-19-16(20)15-7-5-6-14(15)11-18/h13-15H,3-12,18H2,1-2H3,(H,19,20). The first-order chi connectivity index (χ1) is 9.56. The van der Waals surface area contributed by atoms with Gasteiger partial charge in [0, 0.05) is 12.5 Å². The Labute approximate surface area is 124 Å². The van der Waals surface area contributed by atoms with Crippen LogP contribution in [0.15, 0.2) is 0 Å². The molecule has 2 fully saturated rings. The topological polar surface area (TPSA) is 55.1 Å². The van der Waals surface area contributed by atoms with Crippen LogP contribution in [0.2, 0.25) is 0 Å². The molecular formula is C17H32N2O. The third-order valence-corrected chi connectivity index (χ3v) is 5.44. The number of carbonyl (C=O) groups is 1. The van der Waals surface area contributed by atoms with E-state index in [1.807, 2.05) is 0 Å². The average molecular weight is 280 g/mol. The van der Waals surface area contributed by atoms with Gasteiger partial charge in [0.1, 0.15) is 0 Å². The summed E-state index contributed by atoms with van der Waals surface area (Å²) >= 11 is 0. The molecule has 0 saturated heterocycles. The van der Waals surface area contributed by atoms with Crippen LogP contribution in [-0.4, -0.2) is 19.0 Å². The number of nitrogens with one attached hydrogen (secondary N) is 1. The summed E-state index contributed by atoms with van der Waals surface area (Å²) in [6.07, 6.45) is 9.81. The van der Waals surface area contributed by atoms with Crippen molar-refractivity contribution >= 4 is 5.91 Å². The van der Waals surface area contributed by atoms with E-state index in [0.29, 0.717) is 23.8 Å². The molecule has 3 N–H and O–H groups in total.